The first-order valence-electron chi connectivity index (χ1n) is 10.8. The molecule has 4 heteroatoms. The van der Waals surface area contributed by atoms with Crippen LogP contribution in [0.15, 0.2) is 30.3 Å². The van der Waals surface area contributed by atoms with Crippen molar-refractivity contribution in [3.8, 4) is 17.2 Å². The van der Waals surface area contributed by atoms with Crippen molar-refractivity contribution in [1.82, 2.24) is 0 Å². The van der Waals surface area contributed by atoms with Crippen LogP contribution in [0.4, 0.5) is 4.39 Å². The molecular formula is C26H35FO2Si. The van der Waals surface area contributed by atoms with Gasteiger partial charge in [-0.3, -0.25) is 4.79 Å². The van der Waals surface area contributed by atoms with Crippen molar-refractivity contribution >= 4 is 24.8 Å². The Labute approximate surface area is 182 Å². The molecule has 2 aromatic carbocycles. The second kappa shape index (κ2) is 8.94. The molecule has 0 heterocycles. The van der Waals surface area contributed by atoms with Crippen LogP contribution >= 0.6 is 0 Å². The van der Waals surface area contributed by atoms with E-state index in [1.807, 2.05) is 26.8 Å². The molecule has 0 N–H and O–H groups in total. The van der Waals surface area contributed by atoms with Crippen molar-refractivity contribution < 1.29 is 13.9 Å². The number of halogens is 1. The third-order valence-electron chi connectivity index (χ3n) is 6.00. The molecule has 0 aromatic heterocycles. The summed E-state index contributed by atoms with van der Waals surface area (Å²) in [5.74, 6) is 3.12. The summed E-state index contributed by atoms with van der Waals surface area (Å²) in [5.41, 5.74) is 5.03. The highest BCUT2D eigenvalue weighted by atomic mass is 28.3. The first-order chi connectivity index (χ1) is 13.8. The van der Waals surface area contributed by atoms with Crippen LogP contribution in [0.5, 0.6) is 5.75 Å². The van der Waals surface area contributed by atoms with Crippen LogP contribution in [0.3, 0.4) is 0 Å². The zero-order valence-electron chi connectivity index (χ0n) is 19.8. The summed E-state index contributed by atoms with van der Waals surface area (Å²) in [7, 11) is -1.99. The highest BCUT2D eigenvalue weighted by Gasteiger charge is 2.41. The summed E-state index contributed by atoms with van der Waals surface area (Å²) in [6, 6.07) is 8.29. The van der Waals surface area contributed by atoms with Gasteiger partial charge < -0.3 is 4.74 Å². The molecule has 0 radical (unpaired) electrons. The fourth-order valence-corrected chi connectivity index (χ4v) is 9.62. The molecular weight excluding hydrogens is 391 g/mol. The van der Waals surface area contributed by atoms with Gasteiger partial charge in [-0.15, -0.1) is 5.54 Å². The molecule has 2 rings (SSSR count). The Kier molecular flexibility index (Phi) is 7.19. The SMILES string of the molecule is CC(C)[Si](C#Cc1cc(F)cc2cccc(OC(=O)C(C)(C)C)c12)(C(C)C)C(C)C. The van der Waals surface area contributed by atoms with Crippen molar-refractivity contribution in [2.24, 2.45) is 5.41 Å². The lowest BCUT2D eigenvalue weighted by atomic mass is 9.97. The van der Waals surface area contributed by atoms with Crippen molar-refractivity contribution in [2.75, 3.05) is 0 Å². The highest BCUT2D eigenvalue weighted by molar-refractivity contribution is 6.90. The number of carbonyl (C=O) groups is 1. The lowest BCUT2D eigenvalue weighted by Gasteiger charge is -2.38. The quantitative estimate of drug-likeness (QED) is 0.219. The van der Waals surface area contributed by atoms with Gasteiger partial charge in [-0.25, -0.2) is 4.39 Å². The Hall–Kier alpha value is -2.12. The topological polar surface area (TPSA) is 26.3 Å². The van der Waals surface area contributed by atoms with Gasteiger partial charge in [0, 0.05) is 10.9 Å². The summed E-state index contributed by atoms with van der Waals surface area (Å²) in [4.78, 5) is 12.5. The van der Waals surface area contributed by atoms with Crippen LogP contribution in [0.25, 0.3) is 10.8 Å². The van der Waals surface area contributed by atoms with Gasteiger partial charge in [0.25, 0.3) is 0 Å². The molecule has 0 aliphatic carbocycles. The maximum absolute atomic E-state index is 14.4. The monoisotopic (exact) mass is 426 g/mol. The average Bonchev–Trinajstić information content (AvgIpc) is 2.60. The van der Waals surface area contributed by atoms with Crippen LogP contribution in [0, 0.1) is 22.7 Å². The third-order valence-corrected chi connectivity index (χ3v) is 12.3. The Morgan fingerprint density at radius 2 is 1.57 bits per heavy atom. The Morgan fingerprint density at radius 1 is 1.00 bits per heavy atom. The van der Waals surface area contributed by atoms with E-state index in [1.54, 1.807) is 12.1 Å². The molecule has 0 amide bonds. The Bertz CT molecular complexity index is 966. The van der Waals surface area contributed by atoms with Gasteiger partial charge in [-0.1, -0.05) is 59.6 Å². The van der Waals surface area contributed by atoms with E-state index in [1.165, 1.54) is 12.1 Å². The van der Waals surface area contributed by atoms with Crippen molar-refractivity contribution in [3.63, 3.8) is 0 Å². The van der Waals surface area contributed by atoms with E-state index in [0.717, 1.165) is 0 Å². The van der Waals surface area contributed by atoms with Gasteiger partial charge in [-0.2, -0.15) is 0 Å². The third kappa shape index (κ3) is 4.78. The van der Waals surface area contributed by atoms with E-state index >= 15 is 0 Å². The fraction of sp³-hybridized carbons (Fsp3) is 0.500. The van der Waals surface area contributed by atoms with Crippen molar-refractivity contribution in [1.29, 1.82) is 0 Å². The number of benzene rings is 2. The zero-order valence-corrected chi connectivity index (χ0v) is 20.8. The number of ether oxygens (including phenoxy) is 1. The first-order valence-corrected chi connectivity index (χ1v) is 13.0. The van der Waals surface area contributed by atoms with Gasteiger partial charge in [0.2, 0.25) is 0 Å². The van der Waals surface area contributed by atoms with Gasteiger partial charge in [0.1, 0.15) is 19.6 Å². The molecule has 0 spiro atoms. The molecule has 2 aromatic rings. The van der Waals surface area contributed by atoms with Crippen molar-refractivity contribution in [3.05, 3.63) is 41.7 Å². The molecule has 30 heavy (non-hydrogen) atoms. The predicted octanol–water partition coefficient (Wildman–Crippen LogP) is 7.50. The molecule has 0 fully saturated rings. The number of hydrogen-bond acceptors (Lipinski definition) is 2. The average molecular weight is 427 g/mol. The summed E-state index contributed by atoms with van der Waals surface area (Å²) < 4.78 is 20.1. The molecule has 0 aliphatic rings. The molecule has 2 nitrogen and oxygen atoms in total. The molecule has 0 atom stereocenters. The number of rotatable bonds is 4. The molecule has 0 aliphatic heterocycles. The van der Waals surface area contributed by atoms with Crippen LogP contribution < -0.4 is 4.74 Å². The second-order valence-electron chi connectivity index (χ2n) is 10.1. The molecule has 0 saturated heterocycles. The maximum atomic E-state index is 14.4. The van der Waals surface area contributed by atoms with E-state index in [0.29, 0.717) is 38.7 Å². The van der Waals surface area contributed by atoms with Crippen LogP contribution in [-0.2, 0) is 4.79 Å². The number of hydrogen-bond donors (Lipinski definition) is 0. The molecule has 0 unspecified atom stereocenters. The summed E-state index contributed by atoms with van der Waals surface area (Å²) in [6.45, 7) is 18.9. The minimum Gasteiger partial charge on any atom is -0.425 e. The molecule has 0 bridgehead atoms. The summed E-state index contributed by atoms with van der Waals surface area (Å²) in [6.07, 6.45) is 0. The second-order valence-corrected chi connectivity index (χ2v) is 15.7. The van der Waals surface area contributed by atoms with Gasteiger partial charge in [-0.05, 0) is 61.0 Å². The maximum Gasteiger partial charge on any atom is 0.316 e. The Morgan fingerprint density at radius 3 is 2.07 bits per heavy atom. The predicted molar refractivity (Wildman–Crippen MR) is 127 cm³/mol. The van der Waals surface area contributed by atoms with Gasteiger partial charge in [0.05, 0.1) is 5.41 Å². The Balaban J connectivity index is 2.74. The van der Waals surface area contributed by atoms with Crippen molar-refractivity contribution in [2.45, 2.75) is 78.9 Å². The van der Waals surface area contributed by atoms with E-state index < -0.39 is 13.5 Å². The van der Waals surface area contributed by atoms with Gasteiger partial charge in [0.15, 0.2) is 0 Å². The van der Waals surface area contributed by atoms with E-state index in [2.05, 4.69) is 53.0 Å². The zero-order chi connectivity index (χ0) is 22.9. The summed E-state index contributed by atoms with van der Waals surface area (Å²) in [5, 5.41) is 1.38. The van der Waals surface area contributed by atoms with E-state index in [-0.39, 0.29) is 11.8 Å². The van der Waals surface area contributed by atoms with E-state index in [9.17, 15) is 9.18 Å². The molecule has 0 saturated carbocycles. The minimum absolute atomic E-state index is 0.325. The van der Waals surface area contributed by atoms with Crippen LogP contribution in [0.1, 0.15) is 67.9 Å². The lowest BCUT2D eigenvalue weighted by Crippen LogP contribution is -2.43. The van der Waals surface area contributed by atoms with Crippen LogP contribution in [0.2, 0.25) is 16.6 Å². The lowest BCUT2D eigenvalue weighted by molar-refractivity contribution is -0.142. The minimum atomic E-state index is -1.99. The smallest absolute Gasteiger partial charge is 0.316 e. The van der Waals surface area contributed by atoms with E-state index in [4.69, 9.17) is 4.74 Å². The van der Waals surface area contributed by atoms with Crippen LogP contribution in [-0.4, -0.2) is 14.0 Å². The standard InChI is InChI=1S/C26H35FO2Si/c1-17(2)30(18(3)4,19(5)6)14-13-21-16-22(27)15-20-11-10-12-23(24(20)21)29-25(28)26(7,8)9/h10-12,15-19H,1-9H3. The van der Waals surface area contributed by atoms with Gasteiger partial charge >= 0.3 is 5.97 Å². The normalized spacial score (nSPS) is 12.4. The first kappa shape index (κ1) is 24.1. The highest BCUT2D eigenvalue weighted by Crippen LogP contribution is 2.41. The fourth-order valence-electron chi connectivity index (χ4n) is 4.40. The number of fused-ring (bicyclic) bond motifs is 1. The summed E-state index contributed by atoms with van der Waals surface area (Å²) >= 11 is 0. The largest absolute Gasteiger partial charge is 0.425 e. The number of esters is 1. The molecule has 162 valence electrons. The number of carbonyl (C=O) groups excluding carboxylic acids is 1.